The van der Waals surface area contributed by atoms with Gasteiger partial charge >= 0.3 is 11.9 Å². The van der Waals surface area contributed by atoms with Gasteiger partial charge in [-0.2, -0.15) is 0 Å². The minimum absolute atomic E-state index is 0.0207. The molecular formula is C32H58O6. The van der Waals surface area contributed by atoms with Crippen LogP contribution in [-0.2, 0) is 9.59 Å². The molecule has 6 nitrogen and oxygen atoms in total. The fourth-order valence-corrected chi connectivity index (χ4v) is 5.93. The van der Waals surface area contributed by atoms with Crippen LogP contribution in [0.3, 0.4) is 0 Å². The van der Waals surface area contributed by atoms with Gasteiger partial charge in [-0.1, -0.05) is 109 Å². The molecule has 2 fully saturated rings. The highest BCUT2D eigenvalue weighted by molar-refractivity contribution is 5.85. The first-order valence-corrected chi connectivity index (χ1v) is 15.1. The Bertz CT molecular complexity index is 613. The van der Waals surface area contributed by atoms with Crippen LogP contribution in [0, 0.1) is 17.3 Å². The number of hydrogen-bond acceptors (Lipinski definition) is 4. The molecule has 2 saturated carbocycles. The number of rotatable bonds is 5. The van der Waals surface area contributed by atoms with E-state index in [0.717, 1.165) is 12.8 Å². The highest BCUT2D eigenvalue weighted by atomic mass is 16.4. The molecular weight excluding hydrogens is 480 g/mol. The molecule has 2 aliphatic rings. The minimum Gasteiger partial charge on any atom is -0.478 e. The smallest absolute Gasteiger partial charge is 0.330 e. The minimum atomic E-state index is -0.935. The quantitative estimate of drug-likeness (QED) is 0.264. The third kappa shape index (κ3) is 15.7. The van der Waals surface area contributed by atoms with Crippen LogP contribution >= 0.6 is 0 Å². The predicted octanol–water partition coefficient (Wildman–Crippen LogP) is 7.92. The Labute approximate surface area is 232 Å². The highest BCUT2D eigenvalue weighted by Crippen LogP contribution is 2.48. The second kappa shape index (κ2) is 22.2. The van der Waals surface area contributed by atoms with E-state index in [-0.39, 0.29) is 23.2 Å². The molecule has 2 atom stereocenters. The van der Waals surface area contributed by atoms with Gasteiger partial charge in [-0.3, -0.25) is 0 Å². The Morgan fingerprint density at radius 2 is 0.947 bits per heavy atom. The van der Waals surface area contributed by atoms with E-state index in [1.54, 1.807) is 0 Å². The predicted molar refractivity (Wildman–Crippen MR) is 156 cm³/mol. The Morgan fingerprint density at radius 1 is 0.632 bits per heavy atom. The summed E-state index contributed by atoms with van der Waals surface area (Å²) in [7, 11) is 0. The monoisotopic (exact) mass is 538 g/mol. The van der Waals surface area contributed by atoms with Crippen molar-refractivity contribution >= 4 is 11.9 Å². The summed E-state index contributed by atoms with van der Waals surface area (Å²) in [4.78, 5) is 19.2. The van der Waals surface area contributed by atoms with Crippen molar-refractivity contribution in [3.05, 3.63) is 24.3 Å². The summed E-state index contributed by atoms with van der Waals surface area (Å²) < 4.78 is 0. The zero-order valence-corrected chi connectivity index (χ0v) is 24.5. The number of carbonyl (C=O) groups is 2. The molecule has 222 valence electrons. The second-order valence-corrected chi connectivity index (χ2v) is 11.6. The molecule has 0 saturated heterocycles. The van der Waals surface area contributed by atoms with Crippen molar-refractivity contribution in [3.8, 4) is 0 Å². The van der Waals surface area contributed by atoms with Crippen LogP contribution in [0.2, 0.25) is 0 Å². The van der Waals surface area contributed by atoms with Gasteiger partial charge in [-0.25, -0.2) is 9.59 Å². The largest absolute Gasteiger partial charge is 0.478 e. The summed E-state index contributed by atoms with van der Waals surface area (Å²) in [6, 6.07) is 0. The molecule has 2 rings (SSSR count). The average molecular weight is 539 g/mol. The molecule has 0 spiro atoms. The van der Waals surface area contributed by atoms with Crippen LogP contribution in [0.1, 0.15) is 136 Å². The fourth-order valence-electron chi connectivity index (χ4n) is 5.93. The van der Waals surface area contributed by atoms with E-state index in [4.69, 9.17) is 10.2 Å². The normalized spacial score (nSPS) is 24.5. The molecule has 4 N–H and O–H groups in total. The van der Waals surface area contributed by atoms with Crippen LogP contribution in [-0.4, -0.2) is 45.6 Å². The summed E-state index contributed by atoms with van der Waals surface area (Å²) in [5, 5.41) is 36.8. The van der Waals surface area contributed by atoms with Gasteiger partial charge in [-0.05, 0) is 51.4 Å². The van der Waals surface area contributed by atoms with Gasteiger partial charge in [0.25, 0.3) is 0 Å². The first kappa shape index (κ1) is 36.3. The van der Waals surface area contributed by atoms with Crippen molar-refractivity contribution in [2.24, 2.45) is 17.3 Å². The number of carboxylic acids is 2. The SMILES string of the molecule is C=C(C)C(=O)O.C=C(C)C(=O)O.OCC1CCCCCCCCCC1(CO)C1CCCCCCCCCC1. The topological polar surface area (TPSA) is 115 Å². The van der Waals surface area contributed by atoms with Crippen LogP contribution in [0.25, 0.3) is 0 Å². The maximum Gasteiger partial charge on any atom is 0.330 e. The lowest BCUT2D eigenvalue weighted by molar-refractivity contribution is -0.133. The molecule has 0 aromatic heterocycles. The molecule has 2 aliphatic carbocycles. The molecule has 0 amide bonds. The molecule has 0 aromatic carbocycles. The van der Waals surface area contributed by atoms with Crippen LogP contribution in [0.4, 0.5) is 0 Å². The van der Waals surface area contributed by atoms with Crippen molar-refractivity contribution in [1.82, 2.24) is 0 Å². The molecule has 6 heteroatoms. The van der Waals surface area contributed by atoms with Crippen LogP contribution in [0.5, 0.6) is 0 Å². The molecule has 0 aliphatic heterocycles. The number of aliphatic hydroxyl groups excluding tert-OH is 2. The van der Waals surface area contributed by atoms with Gasteiger partial charge in [0.15, 0.2) is 0 Å². The number of hydrogen-bond donors (Lipinski definition) is 4. The lowest BCUT2D eigenvalue weighted by Crippen LogP contribution is -2.43. The summed E-state index contributed by atoms with van der Waals surface area (Å²) in [6.45, 7) is 9.77. The summed E-state index contributed by atoms with van der Waals surface area (Å²) in [6.07, 6.45) is 25.0. The zero-order chi connectivity index (χ0) is 28.8. The molecule has 0 radical (unpaired) electrons. The molecule has 0 aromatic rings. The maximum absolute atomic E-state index is 10.7. The molecule has 38 heavy (non-hydrogen) atoms. The van der Waals surface area contributed by atoms with E-state index in [2.05, 4.69) is 13.2 Å². The van der Waals surface area contributed by atoms with Gasteiger partial charge in [0.1, 0.15) is 0 Å². The van der Waals surface area contributed by atoms with Crippen molar-refractivity contribution in [3.63, 3.8) is 0 Å². The lowest BCUT2D eigenvalue weighted by Gasteiger charge is -2.46. The van der Waals surface area contributed by atoms with Gasteiger partial charge < -0.3 is 20.4 Å². The first-order valence-electron chi connectivity index (χ1n) is 15.1. The molecule has 0 bridgehead atoms. The van der Waals surface area contributed by atoms with Gasteiger partial charge in [0.05, 0.1) is 0 Å². The van der Waals surface area contributed by atoms with Crippen molar-refractivity contribution in [2.75, 3.05) is 13.2 Å². The number of carboxylic acid groups (broad SMARTS) is 2. The van der Waals surface area contributed by atoms with Crippen molar-refractivity contribution in [2.45, 2.75) is 136 Å². The van der Waals surface area contributed by atoms with Crippen molar-refractivity contribution < 1.29 is 30.0 Å². The third-order valence-corrected chi connectivity index (χ3v) is 8.42. The Hall–Kier alpha value is -1.66. The summed E-state index contributed by atoms with van der Waals surface area (Å²) in [5.41, 5.74) is 0.331. The van der Waals surface area contributed by atoms with E-state index < -0.39 is 11.9 Å². The number of aliphatic hydroxyl groups is 2. The van der Waals surface area contributed by atoms with Gasteiger partial charge in [-0.15, -0.1) is 0 Å². The third-order valence-electron chi connectivity index (χ3n) is 8.42. The average Bonchev–Trinajstić information content (AvgIpc) is 2.98. The van der Waals surface area contributed by atoms with E-state index >= 15 is 0 Å². The Morgan fingerprint density at radius 3 is 1.26 bits per heavy atom. The van der Waals surface area contributed by atoms with Gasteiger partial charge in [0.2, 0.25) is 0 Å². The maximum atomic E-state index is 10.7. The lowest BCUT2D eigenvalue weighted by atomic mass is 9.60. The van der Waals surface area contributed by atoms with E-state index in [1.807, 2.05) is 0 Å². The van der Waals surface area contributed by atoms with Crippen LogP contribution in [0.15, 0.2) is 24.3 Å². The van der Waals surface area contributed by atoms with Crippen LogP contribution < -0.4 is 0 Å². The van der Waals surface area contributed by atoms with E-state index in [0.29, 0.717) is 18.4 Å². The summed E-state index contributed by atoms with van der Waals surface area (Å²) in [5.74, 6) is -0.950. The Balaban J connectivity index is 0.000000948. The first-order chi connectivity index (χ1) is 18.1. The molecule has 0 heterocycles. The second-order valence-electron chi connectivity index (χ2n) is 11.6. The van der Waals surface area contributed by atoms with E-state index in [1.165, 1.54) is 123 Å². The highest BCUT2D eigenvalue weighted by Gasteiger charge is 2.43. The summed E-state index contributed by atoms with van der Waals surface area (Å²) >= 11 is 0. The Kier molecular flexibility index (Phi) is 21.2. The molecule has 2 unspecified atom stereocenters. The fraction of sp³-hybridized carbons (Fsp3) is 0.812. The standard InChI is InChI=1S/C24H46O2.2C4H6O2/c25-20-23-18-14-10-6-3-7-11-15-19-24(23,21-26)22-16-12-8-4-1-2-5-9-13-17-22;2*1-3(2)4(5)6/h22-23,25-26H,1-21H2;2*1H2,2H3,(H,5,6). The number of aliphatic carboxylic acids is 2. The zero-order valence-electron chi connectivity index (χ0n) is 24.5. The van der Waals surface area contributed by atoms with E-state index in [9.17, 15) is 19.8 Å². The van der Waals surface area contributed by atoms with Gasteiger partial charge in [0, 0.05) is 29.8 Å². The van der Waals surface area contributed by atoms with Crippen molar-refractivity contribution in [1.29, 1.82) is 0 Å².